The minimum absolute atomic E-state index is 0.436. The quantitative estimate of drug-likeness (QED) is 0.826. The van der Waals surface area contributed by atoms with E-state index in [4.69, 9.17) is 0 Å². The molecule has 0 radical (unpaired) electrons. The Morgan fingerprint density at radius 1 is 1.38 bits per heavy atom. The molecular formula is C18H27N3. The average molecular weight is 285 g/mol. The highest BCUT2D eigenvalue weighted by molar-refractivity contribution is 5.75. The highest BCUT2D eigenvalue weighted by atomic mass is 15.2. The highest BCUT2D eigenvalue weighted by Crippen LogP contribution is 2.24. The van der Waals surface area contributed by atoms with E-state index in [0.717, 1.165) is 18.5 Å². The average Bonchev–Trinajstić information content (AvgIpc) is 2.87. The number of hydrogen-bond donors (Lipinski definition) is 0. The molecule has 0 spiro atoms. The van der Waals surface area contributed by atoms with Gasteiger partial charge in [-0.25, -0.2) is 0 Å². The molecular weight excluding hydrogens is 258 g/mol. The van der Waals surface area contributed by atoms with E-state index in [9.17, 15) is 0 Å². The maximum absolute atomic E-state index is 4.28. The Morgan fingerprint density at radius 2 is 2.14 bits per heavy atom. The maximum Gasteiger partial charge on any atom is 0.0568 e. The Kier molecular flexibility index (Phi) is 5.18. The molecule has 1 aliphatic heterocycles. The first-order valence-corrected chi connectivity index (χ1v) is 7.76. The molecule has 0 aromatic carbocycles. The zero-order chi connectivity index (χ0) is 15.4. The highest BCUT2D eigenvalue weighted by Gasteiger charge is 2.15. The third-order valence-electron chi connectivity index (χ3n) is 4.32. The van der Waals surface area contributed by atoms with Gasteiger partial charge in [0.15, 0.2) is 0 Å². The number of allylic oxidation sites excluding steroid dienone is 4. The lowest BCUT2D eigenvalue weighted by molar-refractivity contribution is 0.243. The van der Waals surface area contributed by atoms with Gasteiger partial charge in [-0.3, -0.25) is 9.58 Å². The SMILES string of the molecule is C=C1/C=C(c2cnn(C)c2)\C=C/C(C)N(C)CC(CC)C1. The van der Waals surface area contributed by atoms with Crippen molar-refractivity contribution < 1.29 is 0 Å². The maximum atomic E-state index is 4.28. The van der Waals surface area contributed by atoms with Crippen LogP contribution in [0.2, 0.25) is 0 Å². The molecule has 1 aromatic heterocycles. The summed E-state index contributed by atoms with van der Waals surface area (Å²) < 4.78 is 1.84. The Morgan fingerprint density at radius 3 is 2.76 bits per heavy atom. The fourth-order valence-corrected chi connectivity index (χ4v) is 2.75. The first-order chi connectivity index (χ1) is 9.99. The predicted molar refractivity (Wildman–Crippen MR) is 90.0 cm³/mol. The standard InChI is InChI=1S/C18H27N3/c1-6-16-9-14(2)10-17(18-11-19-21(5)13-18)8-7-15(3)20(4)12-16/h7-8,10-11,13,15-16H,2,6,9,12H2,1,3-5H3/b8-7-,17-10+. The topological polar surface area (TPSA) is 21.1 Å². The molecule has 0 aliphatic carbocycles. The van der Waals surface area contributed by atoms with Crippen LogP contribution in [0.3, 0.4) is 0 Å². The molecule has 0 N–H and O–H groups in total. The van der Waals surface area contributed by atoms with Crippen LogP contribution in [0.5, 0.6) is 0 Å². The summed E-state index contributed by atoms with van der Waals surface area (Å²) >= 11 is 0. The minimum Gasteiger partial charge on any atom is -0.300 e. The van der Waals surface area contributed by atoms with Crippen molar-refractivity contribution in [3.05, 3.63) is 48.3 Å². The Bertz CT molecular complexity index is 551. The molecule has 2 rings (SSSR count). The molecule has 0 saturated carbocycles. The van der Waals surface area contributed by atoms with Gasteiger partial charge in [-0.1, -0.05) is 43.7 Å². The van der Waals surface area contributed by atoms with E-state index in [1.807, 2.05) is 17.9 Å². The fourth-order valence-electron chi connectivity index (χ4n) is 2.75. The van der Waals surface area contributed by atoms with Crippen molar-refractivity contribution in [3.63, 3.8) is 0 Å². The predicted octanol–water partition coefficient (Wildman–Crippen LogP) is 3.67. The number of nitrogens with zero attached hydrogens (tertiary/aromatic N) is 3. The van der Waals surface area contributed by atoms with Crippen molar-refractivity contribution in [1.29, 1.82) is 0 Å². The second-order valence-electron chi connectivity index (χ2n) is 6.18. The molecule has 1 aromatic rings. The van der Waals surface area contributed by atoms with Crippen molar-refractivity contribution in [2.75, 3.05) is 13.6 Å². The molecule has 0 amide bonds. The number of aryl methyl sites for hydroxylation is 1. The molecule has 0 bridgehead atoms. The van der Waals surface area contributed by atoms with Gasteiger partial charge in [-0.05, 0) is 31.9 Å². The van der Waals surface area contributed by atoms with E-state index in [0.29, 0.717) is 12.0 Å². The number of rotatable bonds is 2. The van der Waals surface area contributed by atoms with E-state index in [1.165, 1.54) is 17.6 Å². The number of aromatic nitrogens is 2. The van der Waals surface area contributed by atoms with E-state index >= 15 is 0 Å². The molecule has 1 aliphatic rings. The molecule has 2 atom stereocenters. The largest absolute Gasteiger partial charge is 0.300 e. The summed E-state index contributed by atoms with van der Waals surface area (Å²) in [5.74, 6) is 0.669. The van der Waals surface area contributed by atoms with Crippen LogP contribution < -0.4 is 0 Å². The van der Waals surface area contributed by atoms with E-state index in [1.54, 1.807) is 0 Å². The molecule has 3 heteroatoms. The normalized spacial score (nSPS) is 29.0. The van der Waals surface area contributed by atoms with Crippen LogP contribution in [-0.4, -0.2) is 34.3 Å². The lowest BCUT2D eigenvalue weighted by atomic mass is 9.93. The monoisotopic (exact) mass is 285 g/mol. The molecule has 2 unspecified atom stereocenters. The smallest absolute Gasteiger partial charge is 0.0568 e. The molecule has 2 heterocycles. The van der Waals surface area contributed by atoms with Crippen LogP contribution in [-0.2, 0) is 7.05 Å². The summed E-state index contributed by atoms with van der Waals surface area (Å²) in [6.07, 6.45) is 12.9. The second-order valence-corrected chi connectivity index (χ2v) is 6.18. The third-order valence-corrected chi connectivity index (χ3v) is 4.32. The van der Waals surface area contributed by atoms with E-state index in [-0.39, 0.29) is 0 Å². The van der Waals surface area contributed by atoms with Crippen LogP contribution in [0.25, 0.3) is 5.57 Å². The summed E-state index contributed by atoms with van der Waals surface area (Å²) in [5.41, 5.74) is 3.55. The second kappa shape index (κ2) is 6.90. The number of likely N-dealkylation sites (N-methyl/N-ethyl adjacent to an activating group) is 1. The van der Waals surface area contributed by atoms with Crippen LogP contribution in [0.1, 0.15) is 32.3 Å². The van der Waals surface area contributed by atoms with E-state index in [2.05, 4.69) is 61.9 Å². The number of hydrogen-bond acceptors (Lipinski definition) is 2. The van der Waals surface area contributed by atoms with Gasteiger partial charge in [0.2, 0.25) is 0 Å². The summed E-state index contributed by atoms with van der Waals surface area (Å²) in [4.78, 5) is 2.42. The van der Waals surface area contributed by atoms with Crippen molar-refractivity contribution in [2.24, 2.45) is 13.0 Å². The minimum atomic E-state index is 0.436. The van der Waals surface area contributed by atoms with Gasteiger partial charge in [0.25, 0.3) is 0 Å². The molecule has 3 nitrogen and oxygen atoms in total. The molecule has 0 saturated heterocycles. The zero-order valence-electron chi connectivity index (χ0n) is 13.7. The summed E-state index contributed by atoms with van der Waals surface area (Å²) in [5, 5.41) is 4.28. The van der Waals surface area contributed by atoms with Crippen LogP contribution in [0.4, 0.5) is 0 Å². The van der Waals surface area contributed by atoms with Gasteiger partial charge < -0.3 is 0 Å². The first-order valence-electron chi connectivity index (χ1n) is 7.76. The Hall–Kier alpha value is -1.61. The first kappa shape index (κ1) is 15.8. The van der Waals surface area contributed by atoms with Crippen molar-refractivity contribution in [3.8, 4) is 0 Å². The summed E-state index contributed by atoms with van der Waals surface area (Å²) in [7, 11) is 4.15. The van der Waals surface area contributed by atoms with Crippen LogP contribution in [0, 0.1) is 5.92 Å². The third kappa shape index (κ3) is 4.18. The van der Waals surface area contributed by atoms with Gasteiger partial charge in [0.1, 0.15) is 0 Å². The summed E-state index contributed by atoms with van der Waals surface area (Å²) in [6, 6.07) is 0.436. The van der Waals surface area contributed by atoms with Gasteiger partial charge in [-0.15, -0.1) is 0 Å². The van der Waals surface area contributed by atoms with Crippen LogP contribution >= 0.6 is 0 Å². The van der Waals surface area contributed by atoms with Gasteiger partial charge in [0.05, 0.1) is 6.20 Å². The molecule has 0 fully saturated rings. The molecule has 114 valence electrons. The van der Waals surface area contributed by atoms with Gasteiger partial charge in [0, 0.05) is 31.4 Å². The zero-order valence-corrected chi connectivity index (χ0v) is 13.7. The fraction of sp³-hybridized carbons (Fsp3) is 0.500. The van der Waals surface area contributed by atoms with Crippen molar-refractivity contribution in [2.45, 2.75) is 32.7 Å². The Labute approximate surface area is 128 Å². The summed E-state index contributed by atoms with van der Waals surface area (Å²) in [6.45, 7) is 9.90. The Balaban J connectivity index is 2.34. The van der Waals surface area contributed by atoms with Crippen molar-refractivity contribution >= 4 is 5.57 Å². The lowest BCUT2D eigenvalue weighted by Crippen LogP contribution is -2.32. The van der Waals surface area contributed by atoms with Crippen LogP contribution in [0.15, 0.2) is 42.8 Å². The van der Waals surface area contributed by atoms with Crippen molar-refractivity contribution in [1.82, 2.24) is 14.7 Å². The van der Waals surface area contributed by atoms with Gasteiger partial charge in [-0.2, -0.15) is 5.10 Å². The lowest BCUT2D eigenvalue weighted by Gasteiger charge is -2.28. The van der Waals surface area contributed by atoms with Gasteiger partial charge >= 0.3 is 0 Å². The molecule has 21 heavy (non-hydrogen) atoms. The van der Waals surface area contributed by atoms with E-state index < -0.39 is 0 Å².